The summed E-state index contributed by atoms with van der Waals surface area (Å²) in [5, 5.41) is 9.93. The quantitative estimate of drug-likeness (QED) is 0.428. The van der Waals surface area contributed by atoms with Crippen molar-refractivity contribution in [1.82, 2.24) is 0 Å². The zero-order valence-corrected chi connectivity index (χ0v) is 17.2. The molecule has 2 aromatic carbocycles. The van der Waals surface area contributed by atoms with Crippen molar-refractivity contribution in [3.05, 3.63) is 71.9 Å². The van der Waals surface area contributed by atoms with Gasteiger partial charge in [-0.1, -0.05) is 24.3 Å². The molecule has 3 aromatic rings. The highest BCUT2D eigenvalue weighted by molar-refractivity contribution is 5.77. The average molecular weight is 455 g/mol. The lowest BCUT2D eigenvalue weighted by Gasteiger charge is -2.17. The van der Waals surface area contributed by atoms with Crippen LogP contribution in [0.3, 0.4) is 0 Å². The number of fused-ring (bicyclic) bond motifs is 1. The lowest BCUT2D eigenvalue weighted by Crippen LogP contribution is -3.00. The molecule has 26 heavy (non-hydrogen) atoms. The van der Waals surface area contributed by atoms with Gasteiger partial charge in [-0.3, -0.25) is 0 Å². The first-order valence-electron chi connectivity index (χ1n) is 8.43. The van der Waals surface area contributed by atoms with E-state index >= 15 is 0 Å². The third-order valence-electron chi connectivity index (χ3n) is 4.46. The maximum atomic E-state index is 8.69. The summed E-state index contributed by atoms with van der Waals surface area (Å²) in [6.07, 6.45) is 4.81. The number of hydrogen-bond donors (Lipinski definition) is 0. The largest absolute Gasteiger partial charge is 1.00 e. The predicted octanol–water partition coefficient (Wildman–Crippen LogP) is 1.19. The molecule has 4 heteroatoms. The Bertz CT molecular complexity index is 940. The molecule has 0 aliphatic rings. The number of benzene rings is 2. The van der Waals surface area contributed by atoms with Gasteiger partial charge in [0.2, 0.25) is 11.2 Å². The maximum Gasteiger partial charge on any atom is 0.212 e. The Morgan fingerprint density at radius 2 is 1.73 bits per heavy atom. The molecule has 132 valence electrons. The van der Waals surface area contributed by atoms with E-state index in [1.807, 2.05) is 7.05 Å². The van der Waals surface area contributed by atoms with E-state index < -0.39 is 0 Å². The molecule has 0 aliphatic heterocycles. The smallest absolute Gasteiger partial charge is 0.212 e. The van der Waals surface area contributed by atoms with Crippen LogP contribution in [0.5, 0.6) is 0 Å². The van der Waals surface area contributed by atoms with Crippen molar-refractivity contribution in [3.8, 4) is 6.07 Å². The molecule has 3 nitrogen and oxygen atoms in total. The van der Waals surface area contributed by atoms with E-state index in [2.05, 4.69) is 95.4 Å². The van der Waals surface area contributed by atoms with Crippen LogP contribution in [-0.2, 0) is 7.05 Å². The van der Waals surface area contributed by atoms with Crippen molar-refractivity contribution >= 4 is 28.7 Å². The third kappa shape index (κ3) is 4.61. The van der Waals surface area contributed by atoms with Gasteiger partial charge in [0, 0.05) is 42.9 Å². The van der Waals surface area contributed by atoms with Crippen LogP contribution in [0.15, 0.2) is 60.7 Å². The van der Waals surface area contributed by atoms with E-state index in [1.165, 1.54) is 10.9 Å². The molecular weight excluding hydrogens is 433 g/mol. The zero-order chi connectivity index (χ0) is 17.6. The summed E-state index contributed by atoms with van der Waals surface area (Å²) in [6.45, 7) is 0.749. The van der Waals surface area contributed by atoms with Crippen molar-refractivity contribution < 1.29 is 28.5 Å². The number of anilines is 1. The van der Waals surface area contributed by atoms with Crippen LogP contribution in [0.2, 0.25) is 0 Å². The molecule has 0 saturated heterocycles. The standard InChI is InChI=1S/C22H22N3.HI/c1-24(17-5-16-23)20-12-8-18(9-13-20)10-14-21-15-11-19-6-3-4-7-22(19)25(21)2;/h3-4,6-15H,5,17H2,1-2H3;1H/q+1;/p-1. The maximum absolute atomic E-state index is 8.69. The van der Waals surface area contributed by atoms with Gasteiger partial charge in [-0.2, -0.15) is 9.83 Å². The lowest BCUT2D eigenvalue weighted by atomic mass is 10.1. The van der Waals surface area contributed by atoms with Crippen molar-refractivity contribution in [2.75, 3.05) is 18.5 Å². The molecule has 3 rings (SSSR count). The minimum absolute atomic E-state index is 0. The van der Waals surface area contributed by atoms with Crippen molar-refractivity contribution in [2.24, 2.45) is 7.05 Å². The molecule has 0 fully saturated rings. The fourth-order valence-electron chi connectivity index (χ4n) is 2.90. The second-order valence-electron chi connectivity index (χ2n) is 6.13. The van der Waals surface area contributed by atoms with Gasteiger partial charge >= 0.3 is 0 Å². The van der Waals surface area contributed by atoms with Crippen LogP contribution in [0.1, 0.15) is 17.7 Å². The highest BCUT2D eigenvalue weighted by Crippen LogP contribution is 2.16. The third-order valence-corrected chi connectivity index (χ3v) is 4.46. The summed E-state index contributed by atoms with van der Waals surface area (Å²) in [7, 11) is 4.10. The SMILES string of the molecule is CN(CCC#N)c1ccc(/C=C/c2ccc3ccccc3[n+]2C)cc1.[I-]. The topological polar surface area (TPSA) is 30.9 Å². The molecule has 1 aromatic heterocycles. The van der Waals surface area contributed by atoms with Crippen LogP contribution in [0, 0.1) is 11.3 Å². The molecule has 0 bridgehead atoms. The summed E-state index contributed by atoms with van der Waals surface area (Å²) in [5.74, 6) is 0. The van der Waals surface area contributed by atoms with Crippen LogP contribution in [0.25, 0.3) is 23.1 Å². The number of hydrogen-bond acceptors (Lipinski definition) is 2. The number of aromatic nitrogens is 1. The molecule has 1 heterocycles. The Kier molecular flexibility index (Phi) is 7.16. The van der Waals surface area contributed by atoms with Gasteiger partial charge < -0.3 is 28.9 Å². The fraction of sp³-hybridized carbons (Fsp3) is 0.182. The molecule has 0 radical (unpaired) electrons. The minimum Gasteiger partial charge on any atom is -1.00 e. The summed E-state index contributed by atoms with van der Waals surface area (Å²) in [6, 6.07) is 23.3. The van der Waals surface area contributed by atoms with E-state index in [9.17, 15) is 0 Å². The Morgan fingerprint density at radius 1 is 1.00 bits per heavy atom. The van der Waals surface area contributed by atoms with Gasteiger partial charge in [0.05, 0.1) is 12.5 Å². The molecule has 0 aliphatic carbocycles. The average Bonchev–Trinajstić information content (AvgIpc) is 2.66. The first-order valence-corrected chi connectivity index (χ1v) is 8.43. The van der Waals surface area contributed by atoms with Gasteiger partial charge in [-0.25, -0.2) is 0 Å². The summed E-state index contributed by atoms with van der Waals surface area (Å²) < 4.78 is 2.20. The number of halogens is 1. The first kappa shape index (κ1) is 19.9. The molecule has 0 atom stereocenters. The molecule has 0 amide bonds. The van der Waals surface area contributed by atoms with E-state index in [-0.39, 0.29) is 24.0 Å². The van der Waals surface area contributed by atoms with Gasteiger partial charge in [0.1, 0.15) is 7.05 Å². The Morgan fingerprint density at radius 3 is 2.46 bits per heavy atom. The molecule has 0 unspecified atom stereocenters. The van der Waals surface area contributed by atoms with Gasteiger partial charge in [0.25, 0.3) is 0 Å². The highest BCUT2D eigenvalue weighted by Gasteiger charge is 2.08. The summed E-state index contributed by atoms with van der Waals surface area (Å²) >= 11 is 0. The number of aryl methyl sites for hydroxylation is 1. The highest BCUT2D eigenvalue weighted by atomic mass is 127. The zero-order valence-electron chi connectivity index (χ0n) is 15.1. The van der Waals surface area contributed by atoms with E-state index in [4.69, 9.17) is 5.26 Å². The van der Waals surface area contributed by atoms with Crippen LogP contribution in [0.4, 0.5) is 5.69 Å². The monoisotopic (exact) mass is 455 g/mol. The number of nitrogens with zero attached hydrogens (tertiary/aromatic N) is 3. The van der Waals surface area contributed by atoms with E-state index in [0.717, 1.165) is 23.5 Å². The fourth-order valence-corrected chi connectivity index (χ4v) is 2.90. The molecular formula is C22H22IN3. The predicted molar refractivity (Wildman–Crippen MR) is 104 cm³/mol. The molecule has 0 saturated carbocycles. The van der Waals surface area contributed by atoms with Crippen LogP contribution in [-0.4, -0.2) is 13.6 Å². The van der Waals surface area contributed by atoms with Crippen molar-refractivity contribution in [3.63, 3.8) is 0 Å². The van der Waals surface area contributed by atoms with Crippen LogP contribution >= 0.6 is 0 Å². The second-order valence-corrected chi connectivity index (χ2v) is 6.13. The Hall–Kier alpha value is -2.39. The summed E-state index contributed by atoms with van der Waals surface area (Å²) in [4.78, 5) is 2.10. The number of nitriles is 1. The number of rotatable bonds is 5. The van der Waals surface area contributed by atoms with Crippen molar-refractivity contribution in [1.29, 1.82) is 5.26 Å². The minimum atomic E-state index is 0. The first-order chi connectivity index (χ1) is 12.2. The number of pyridine rings is 1. The molecule has 0 N–H and O–H groups in total. The normalized spacial score (nSPS) is 10.5. The lowest BCUT2D eigenvalue weighted by molar-refractivity contribution is -0.646. The molecule has 0 spiro atoms. The van der Waals surface area contributed by atoms with Gasteiger partial charge in [0.15, 0.2) is 0 Å². The van der Waals surface area contributed by atoms with Gasteiger partial charge in [-0.05, 0) is 35.9 Å². The van der Waals surface area contributed by atoms with E-state index in [1.54, 1.807) is 0 Å². The Labute approximate surface area is 172 Å². The second kappa shape index (κ2) is 9.35. The van der Waals surface area contributed by atoms with E-state index in [0.29, 0.717) is 6.42 Å². The van der Waals surface area contributed by atoms with Gasteiger partial charge in [-0.15, -0.1) is 0 Å². The van der Waals surface area contributed by atoms with Crippen LogP contribution < -0.4 is 33.4 Å². The Balaban J connectivity index is 0.00000243. The summed E-state index contributed by atoms with van der Waals surface area (Å²) in [5.41, 5.74) is 4.67. The number of para-hydroxylation sites is 1. The van der Waals surface area contributed by atoms with Crippen molar-refractivity contribution in [2.45, 2.75) is 6.42 Å².